The van der Waals surface area contributed by atoms with Gasteiger partial charge in [-0.3, -0.25) is 4.79 Å². The quantitative estimate of drug-likeness (QED) is 0.586. The molecule has 0 aliphatic heterocycles. The Morgan fingerprint density at radius 3 is 2.52 bits per heavy atom. The maximum Gasteiger partial charge on any atom is 0.319 e. The van der Waals surface area contributed by atoms with Crippen molar-refractivity contribution < 1.29 is 9.59 Å². The zero-order chi connectivity index (χ0) is 19.8. The molecule has 10 nitrogen and oxygen atoms in total. The maximum atomic E-state index is 12.4. The van der Waals surface area contributed by atoms with Gasteiger partial charge in [0.1, 0.15) is 0 Å². The zero-order valence-electron chi connectivity index (χ0n) is 16.1. The Balaban J connectivity index is 2.17. The van der Waals surface area contributed by atoms with E-state index in [0.29, 0.717) is 29.2 Å². The second kappa shape index (κ2) is 9.62. The van der Waals surface area contributed by atoms with Gasteiger partial charge in [0, 0.05) is 44.5 Å². The second-order valence-corrected chi connectivity index (χ2v) is 6.32. The van der Waals surface area contributed by atoms with Gasteiger partial charge in [-0.1, -0.05) is 0 Å². The number of benzene rings is 1. The number of urea groups is 1. The largest absolute Gasteiger partial charge is 0.345 e. The van der Waals surface area contributed by atoms with Crippen LogP contribution in [0.4, 0.5) is 10.5 Å². The standard InChI is InChI=1S/C17H26N8O2/c1-18-7-5-6-8-19-17(27)20-14-10-12(15-21-22-23-25(15)4)9-13(11-14)16(26)24(2)3/h9-11,18H,5-8H2,1-4H3,(H2,19,20,27). The molecule has 27 heavy (non-hydrogen) atoms. The molecule has 0 aliphatic rings. The number of amides is 3. The molecule has 0 aliphatic carbocycles. The lowest BCUT2D eigenvalue weighted by Gasteiger charge is -2.14. The fourth-order valence-electron chi connectivity index (χ4n) is 2.49. The summed E-state index contributed by atoms with van der Waals surface area (Å²) >= 11 is 0. The van der Waals surface area contributed by atoms with Crippen LogP contribution in [-0.4, -0.2) is 71.3 Å². The molecule has 1 heterocycles. The Morgan fingerprint density at radius 1 is 1.15 bits per heavy atom. The first-order chi connectivity index (χ1) is 12.9. The summed E-state index contributed by atoms with van der Waals surface area (Å²) in [5.41, 5.74) is 1.57. The highest BCUT2D eigenvalue weighted by Gasteiger charge is 2.15. The molecule has 1 aromatic carbocycles. The van der Waals surface area contributed by atoms with Crippen molar-refractivity contribution in [3.05, 3.63) is 23.8 Å². The van der Waals surface area contributed by atoms with Crippen LogP contribution in [0.2, 0.25) is 0 Å². The highest BCUT2D eigenvalue weighted by Crippen LogP contribution is 2.23. The number of rotatable bonds is 8. The summed E-state index contributed by atoms with van der Waals surface area (Å²) in [6, 6.07) is 4.75. The molecule has 0 spiro atoms. The van der Waals surface area contributed by atoms with E-state index in [9.17, 15) is 9.59 Å². The van der Waals surface area contributed by atoms with Gasteiger partial charge >= 0.3 is 6.03 Å². The average molecular weight is 374 g/mol. The number of nitrogens with zero attached hydrogens (tertiary/aromatic N) is 5. The van der Waals surface area contributed by atoms with Crippen molar-refractivity contribution in [2.75, 3.05) is 39.5 Å². The SMILES string of the molecule is CNCCCCNC(=O)Nc1cc(C(=O)N(C)C)cc(-c2nnnn2C)c1. The van der Waals surface area contributed by atoms with Gasteiger partial charge in [0.05, 0.1) is 0 Å². The van der Waals surface area contributed by atoms with Crippen molar-refractivity contribution in [3.8, 4) is 11.4 Å². The van der Waals surface area contributed by atoms with Crippen LogP contribution in [0.3, 0.4) is 0 Å². The highest BCUT2D eigenvalue weighted by molar-refractivity contribution is 5.98. The van der Waals surface area contributed by atoms with E-state index in [1.165, 1.54) is 9.58 Å². The van der Waals surface area contributed by atoms with Gasteiger partial charge in [-0.25, -0.2) is 9.48 Å². The molecule has 0 bridgehead atoms. The number of hydrogen-bond donors (Lipinski definition) is 3. The Kier molecular flexibility index (Phi) is 7.24. The summed E-state index contributed by atoms with van der Waals surface area (Å²) in [4.78, 5) is 26.0. The molecule has 10 heteroatoms. The van der Waals surface area contributed by atoms with Crippen LogP contribution in [0.25, 0.3) is 11.4 Å². The normalized spacial score (nSPS) is 10.5. The maximum absolute atomic E-state index is 12.4. The summed E-state index contributed by atoms with van der Waals surface area (Å²) < 4.78 is 1.50. The van der Waals surface area contributed by atoms with Gasteiger partial charge in [0.25, 0.3) is 5.91 Å². The highest BCUT2D eigenvalue weighted by atomic mass is 16.2. The number of carbonyl (C=O) groups is 2. The summed E-state index contributed by atoms with van der Waals surface area (Å²) in [7, 11) is 6.95. The molecule has 3 N–H and O–H groups in total. The van der Waals surface area contributed by atoms with E-state index in [2.05, 4.69) is 31.5 Å². The number of carbonyl (C=O) groups excluding carboxylic acids is 2. The van der Waals surface area contributed by atoms with E-state index < -0.39 is 0 Å². The molecule has 0 unspecified atom stereocenters. The average Bonchev–Trinajstić information content (AvgIpc) is 3.06. The Morgan fingerprint density at radius 2 is 1.89 bits per heavy atom. The van der Waals surface area contributed by atoms with Crippen LogP contribution >= 0.6 is 0 Å². The van der Waals surface area contributed by atoms with Crippen molar-refractivity contribution in [2.24, 2.45) is 7.05 Å². The van der Waals surface area contributed by atoms with Crippen molar-refractivity contribution in [2.45, 2.75) is 12.8 Å². The van der Waals surface area contributed by atoms with E-state index >= 15 is 0 Å². The molecule has 3 amide bonds. The molecule has 0 saturated heterocycles. The second-order valence-electron chi connectivity index (χ2n) is 6.32. The molecule has 146 valence electrons. The molecule has 2 aromatic rings. The zero-order valence-corrected chi connectivity index (χ0v) is 16.1. The van der Waals surface area contributed by atoms with Gasteiger partial charge in [0.15, 0.2) is 5.82 Å². The van der Waals surface area contributed by atoms with Crippen LogP contribution in [0.5, 0.6) is 0 Å². The fraction of sp³-hybridized carbons (Fsp3) is 0.471. The van der Waals surface area contributed by atoms with Crippen LogP contribution in [-0.2, 0) is 7.05 Å². The van der Waals surface area contributed by atoms with Crippen LogP contribution in [0.1, 0.15) is 23.2 Å². The van der Waals surface area contributed by atoms with E-state index in [1.54, 1.807) is 39.3 Å². The Bertz CT molecular complexity index is 787. The topological polar surface area (TPSA) is 117 Å². The molecular formula is C17H26N8O2. The minimum absolute atomic E-state index is 0.178. The third-order valence-corrected chi connectivity index (χ3v) is 3.86. The van der Waals surface area contributed by atoms with Crippen LogP contribution < -0.4 is 16.0 Å². The third-order valence-electron chi connectivity index (χ3n) is 3.86. The monoisotopic (exact) mass is 374 g/mol. The first-order valence-corrected chi connectivity index (χ1v) is 8.71. The molecule has 2 rings (SSSR count). The predicted octanol–water partition coefficient (Wildman–Crippen LogP) is 0.700. The number of nitrogens with one attached hydrogen (secondary N) is 3. The van der Waals surface area contributed by atoms with E-state index in [4.69, 9.17) is 0 Å². The first kappa shape index (κ1) is 20.3. The lowest BCUT2D eigenvalue weighted by molar-refractivity contribution is 0.0827. The lowest BCUT2D eigenvalue weighted by atomic mass is 10.1. The van der Waals surface area contributed by atoms with Crippen molar-refractivity contribution in [1.29, 1.82) is 0 Å². The number of aromatic nitrogens is 4. The van der Waals surface area contributed by atoms with Crippen LogP contribution in [0, 0.1) is 0 Å². The van der Waals surface area contributed by atoms with E-state index in [-0.39, 0.29) is 11.9 Å². The van der Waals surface area contributed by atoms with E-state index in [1.807, 2.05) is 7.05 Å². The van der Waals surface area contributed by atoms with E-state index in [0.717, 1.165) is 19.4 Å². The first-order valence-electron chi connectivity index (χ1n) is 8.71. The Hall–Kier alpha value is -3.01. The van der Waals surface area contributed by atoms with Gasteiger partial charge < -0.3 is 20.9 Å². The molecular weight excluding hydrogens is 348 g/mol. The minimum atomic E-state index is -0.323. The number of anilines is 1. The van der Waals surface area contributed by atoms with Crippen molar-refractivity contribution in [3.63, 3.8) is 0 Å². The number of tetrazole rings is 1. The summed E-state index contributed by atoms with van der Waals surface area (Å²) in [5.74, 6) is 0.321. The molecule has 0 fully saturated rings. The smallest absolute Gasteiger partial charge is 0.319 e. The van der Waals surface area contributed by atoms with Gasteiger partial charge in [-0.2, -0.15) is 0 Å². The fourth-order valence-corrected chi connectivity index (χ4v) is 2.49. The van der Waals surface area contributed by atoms with Crippen LogP contribution in [0.15, 0.2) is 18.2 Å². The third kappa shape index (κ3) is 5.74. The lowest BCUT2D eigenvalue weighted by Crippen LogP contribution is -2.30. The molecule has 0 saturated carbocycles. The predicted molar refractivity (Wildman–Crippen MR) is 102 cm³/mol. The number of hydrogen-bond acceptors (Lipinski definition) is 6. The molecule has 0 atom stereocenters. The van der Waals surface area contributed by atoms with Gasteiger partial charge in [-0.15, -0.1) is 5.10 Å². The molecule has 0 radical (unpaired) electrons. The summed E-state index contributed by atoms with van der Waals surface area (Å²) in [5, 5.41) is 20.1. The number of unbranched alkanes of at least 4 members (excludes halogenated alkanes) is 1. The summed E-state index contributed by atoms with van der Waals surface area (Å²) in [6.45, 7) is 1.48. The number of aryl methyl sites for hydroxylation is 1. The van der Waals surface area contributed by atoms with Crippen molar-refractivity contribution in [1.82, 2.24) is 35.7 Å². The summed E-state index contributed by atoms with van der Waals surface area (Å²) in [6.07, 6.45) is 1.86. The van der Waals surface area contributed by atoms with Gasteiger partial charge in [0.2, 0.25) is 0 Å². The Labute approximate surface area is 158 Å². The minimum Gasteiger partial charge on any atom is -0.345 e. The molecule has 1 aromatic heterocycles. The van der Waals surface area contributed by atoms with Crippen molar-refractivity contribution >= 4 is 17.6 Å². The van der Waals surface area contributed by atoms with Gasteiger partial charge in [-0.05, 0) is 55.1 Å².